The van der Waals surface area contributed by atoms with E-state index in [0.717, 1.165) is 6.07 Å². The number of carbonyl (C=O) groups is 1. The van der Waals surface area contributed by atoms with Gasteiger partial charge in [0.25, 0.3) is 0 Å². The van der Waals surface area contributed by atoms with E-state index in [9.17, 15) is 19.4 Å². The number of hydrogen-bond donors (Lipinski definition) is 4. The van der Waals surface area contributed by atoms with E-state index in [1.165, 1.54) is 19.1 Å². The molecule has 1 amide bonds. The summed E-state index contributed by atoms with van der Waals surface area (Å²) in [5.41, 5.74) is -0.220. The lowest BCUT2D eigenvalue weighted by atomic mass is 10.0. The minimum Gasteiger partial charge on any atom is -0.505 e. The Morgan fingerprint density at radius 1 is 1.47 bits per heavy atom. The van der Waals surface area contributed by atoms with Gasteiger partial charge in [-0.2, -0.15) is 0 Å². The van der Waals surface area contributed by atoms with Crippen LogP contribution < -0.4 is 5.32 Å². The first-order valence-electron chi connectivity index (χ1n) is 5.01. The smallest absolute Gasteiger partial charge is 0.216 e. The third-order valence-electron chi connectivity index (χ3n) is 2.25. The third kappa shape index (κ3) is 3.40. The predicted octanol–water partition coefficient (Wildman–Crippen LogP) is 0.0617. The molecule has 6 heteroatoms. The molecule has 0 aliphatic rings. The molecule has 0 fully saturated rings. The van der Waals surface area contributed by atoms with Crippen molar-refractivity contribution < 1.29 is 24.5 Å². The molecule has 5 nitrogen and oxygen atoms in total. The van der Waals surface area contributed by atoms with Crippen LogP contribution in [0.15, 0.2) is 18.2 Å². The van der Waals surface area contributed by atoms with Gasteiger partial charge in [-0.25, -0.2) is 4.39 Å². The summed E-state index contributed by atoms with van der Waals surface area (Å²) < 4.78 is 13.4. The molecule has 2 unspecified atom stereocenters. The van der Waals surface area contributed by atoms with Crippen LogP contribution >= 0.6 is 0 Å². The molecule has 17 heavy (non-hydrogen) atoms. The fraction of sp³-hybridized carbons (Fsp3) is 0.364. The quantitative estimate of drug-likeness (QED) is 0.602. The molecule has 1 rings (SSSR count). The zero-order valence-corrected chi connectivity index (χ0v) is 9.22. The molecule has 94 valence electrons. The molecule has 0 aromatic heterocycles. The van der Waals surface area contributed by atoms with Crippen LogP contribution in [0.3, 0.4) is 0 Å². The van der Waals surface area contributed by atoms with Crippen LogP contribution in [0, 0.1) is 5.82 Å². The number of rotatable bonds is 4. The molecule has 0 aliphatic heterocycles. The highest BCUT2D eigenvalue weighted by atomic mass is 19.1. The first-order chi connectivity index (χ1) is 7.93. The molecule has 1 aromatic rings. The van der Waals surface area contributed by atoms with Gasteiger partial charge in [0.1, 0.15) is 12.2 Å². The van der Waals surface area contributed by atoms with Crippen LogP contribution in [-0.2, 0) is 4.79 Å². The van der Waals surface area contributed by atoms with Crippen molar-refractivity contribution in [1.29, 1.82) is 0 Å². The molecule has 0 radical (unpaired) electrons. The maximum absolute atomic E-state index is 13.4. The minimum atomic E-state index is -1.52. The highest BCUT2D eigenvalue weighted by Crippen LogP contribution is 2.25. The van der Waals surface area contributed by atoms with Crippen molar-refractivity contribution in [3.63, 3.8) is 0 Å². The molecule has 0 saturated heterocycles. The lowest BCUT2D eigenvalue weighted by Gasteiger charge is -2.19. The highest BCUT2D eigenvalue weighted by molar-refractivity contribution is 5.72. The van der Waals surface area contributed by atoms with Crippen LogP contribution in [0.2, 0.25) is 0 Å². The second-order valence-corrected chi connectivity index (χ2v) is 3.63. The summed E-state index contributed by atoms with van der Waals surface area (Å²) in [5.74, 6) is -1.96. The Hall–Kier alpha value is -1.66. The topological polar surface area (TPSA) is 89.8 Å². The van der Waals surface area contributed by atoms with Gasteiger partial charge in [-0.3, -0.25) is 4.79 Å². The number of aliphatic hydroxyl groups is 2. The number of hydrogen-bond acceptors (Lipinski definition) is 4. The number of aliphatic hydroxyl groups excluding tert-OH is 2. The normalized spacial score (nSPS) is 14.1. The van der Waals surface area contributed by atoms with E-state index in [0.29, 0.717) is 0 Å². The Morgan fingerprint density at radius 2 is 2.12 bits per heavy atom. The van der Waals surface area contributed by atoms with Crippen LogP contribution in [0.4, 0.5) is 4.39 Å². The Labute approximate surface area is 97.5 Å². The number of benzene rings is 1. The summed E-state index contributed by atoms with van der Waals surface area (Å²) in [5, 5.41) is 30.6. The number of aromatic hydroxyl groups is 1. The van der Waals surface area contributed by atoms with E-state index in [1.807, 2.05) is 0 Å². The van der Waals surface area contributed by atoms with Crippen LogP contribution in [0.5, 0.6) is 5.75 Å². The largest absolute Gasteiger partial charge is 0.505 e. The first kappa shape index (κ1) is 13.4. The molecule has 0 aliphatic carbocycles. The van der Waals surface area contributed by atoms with E-state index in [2.05, 4.69) is 5.32 Å². The van der Waals surface area contributed by atoms with E-state index < -0.39 is 23.8 Å². The Morgan fingerprint density at radius 3 is 2.71 bits per heavy atom. The van der Waals surface area contributed by atoms with Gasteiger partial charge >= 0.3 is 0 Å². The lowest BCUT2D eigenvalue weighted by molar-refractivity contribution is -0.119. The van der Waals surface area contributed by atoms with Gasteiger partial charge in [-0.05, 0) is 6.07 Å². The third-order valence-corrected chi connectivity index (χ3v) is 2.25. The summed E-state index contributed by atoms with van der Waals surface area (Å²) in [4.78, 5) is 10.6. The van der Waals surface area contributed by atoms with Crippen molar-refractivity contribution in [1.82, 2.24) is 5.32 Å². The average molecular weight is 243 g/mol. The number of amides is 1. The summed E-state index contributed by atoms with van der Waals surface area (Å²) in [7, 11) is 0. The van der Waals surface area contributed by atoms with Crippen molar-refractivity contribution in [2.24, 2.45) is 0 Å². The van der Waals surface area contributed by atoms with E-state index in [1.54, 1.807) is 0 Å². The molecular weight excluding hydrogens is 229 g/mol. The molecule has 2 atom stereocenters. The van der Waals surface area contributed by atoms with Crippen molar-refractivity contribution >= 4 is 5.91 Å². The van der Waals surface area contributed by atoms with Gasteiger partial charge < -0.3 is 20.6 Å². The fourth-order valence-electron chi connectivity index (χ4n) is 1.33. The van der Waals surface area contributed by atoms with Crippen molar-refractivity contribution in [2.75, 3.05) is 6.54 Å². The highest BCUT2D eigenvalue weighted by Gasteiger charge is 2.22. The lowest BCUT2D eigenvalue weighted by Crippen LogP contribution is -2.34. The number of halogens is 1. The average Bonchev–Trinajstić information content (AvgIpc) is 2.28. The maximum atomic E-state index is 13.4. The summed E-state index contributed by atoms with van der Waals surface area (Å²) >= 11 is 0. The maximum Gasteiger partial charge on any atom is 0.216 e. The molecule has 0 heterocycles. The number of phenols is 1. The van der Waals surface area contributed by atoms with E-state index in [-0.39, 0.29) is 18.0 Å². The standard InChI is InChI=1S/C11H14FNO4/c1-6(14)13-5-9(16)11(17)7-3-2-4-8(15)10(7)12/h2-4,9,11,15-17H,5H2,1H3,(H,13,14). The van der Waals surface area contributed by atoms with Gasteiger partial charge in [0.15, 0.2) is 11.6 Å². The molecule has 0 saturated carbocycles. The number of phenolic OH excluding ortho intramolecular Hbond substituents is 1. The number of carbonyl (C=O) groups excluding carboxylic acids is 1. The molecule has 0 bridgehead atoms. The first-order valence-corrected chi connectivity index (χ1v) is 5.01. The zero-order valence-electron chi connectivity index (χ0n) is 9.22. The van der Waals surface area contributed by atoms with Crippen LogP contribution in [0.25, 0.3) is 0 Å². The Kier molecular flexibility index (Phi) is 4.42. The Bertz CT molecular complexity index is 410. The number of nitrogens with one attached hydrogen (secondary N) is 1. The Balaban J connectivity index is 2.77. The fourth-order valence-corrected chi connectivity index (χ4v) is 1.33. The van der Waals surface area contributed by atoms with Crippen LogP contribution in [-0.4, -0.2) is 33.9 Å². The van der Waals surface area contributed by atoms with Crippen molar-refractivity contribution in [3.8, 4) is 5.75 Å². The van der Waals surface area contributed by atoms with Gasteiger partial charge in [0.2, 0.25) is 5.91 Å². The van der Waals surface area contributed by atoms with Gasteiger partial charge in [0, 0.05) is 19.0 Å². The molecule has 1 aromatic carbocycles. The SMILES string of the molecule is CC(=O)NCC(O)C(O)c1cccc(O)c1F. The van der Waals surface area contributed by atoms with Crippen molar-refractivity contribution in [2.45, 2.75) is 19.1 Å². The summed E-state index contributed by atoms with van der Waals surface area (Å²) in [6.07, 6.45) is -2.87. The van der Waals surface area contributed by atoms with Gasteiger partial charge in [-0.15, -0.1) is 0 Å². The molecule has 0 spiro atoms. The molecular formula is C11H14FNO4. The van der Waals surface area contributed by atoms with Crippen LogP contribution in [0.1, 0.15) is 18.6 Å². The zero-order chi connectivity index (χ0) is 13.0. The summed E-state index contributed by atoms with van der Waals surface area (Å²) in [6, 6.07) is 3.73. The monoisotopic (exact) mass is 243 g/mol. The predicted molar refractivity (Wildman–Crippen MR) is 57.7 cm³/mol. The van der Waals surface area contributed by atoms with Gasteiger partial charge in [0.05, 0.1) is 0 Å². The summed E-state index contributed by atoms with van der Waals surface area (Å²) in [6.45, 7) is 1.06. The van der Waals surface area contributed by atoms with Gasteiger partial charge in [-0.1, -0.05) is 12.1 Å². The van der Waals surface area contributed by atoms with E-state index >= 15 is 0 Å². The minimum absolute atomic E-state index is 0.203. The van der Waals surface area contributed by atoms with E-state index in [4.69, 9.17) is 5.11 Å². The molecule has 4 N–H and O–H groups in total. The van der Waals surface area contributed by atoms with Crippen molar-refractivity contribution in [3.05, 3.63) is 29.6 Å². The second kappa shape index (κ2) is 5.60. The second-order valence-electron chi connectivity index (χ2n) is 3.63.